The summed E-state index contributed by atoms with van der Waals surface area (Å²) in [6.07, 6.45) is 2.66. The summed E-state index contributed by atoms with van der Waals surface area (Å²) in [5.74, 6) is -1.08. The summed E-state index contributed by atoms with van der Waals surface area (Å²) in [7, 11) is -3.56. The van der Waals surface area contributed by atoms with Crippen LogP contribution in [0.4, 0.5) is 15.8 Å². The maximum atomic E-state index is 13.8. The lowest BCUT2D eigenvalue weighted by Crippen LogP contribution is -2.12. The molecule has 2 N–H and O–H groups in total. The molecule has 146 valence electrons. The Kier molecular flexibility index (Phi) is 5.48. The van der Waals surface area contributed by atoms with E-state index in [1.807, 2.05) is 26.0 Å². The Labute approximate surface area is 166 Å². The van der Waals surface area contributed by atoms with E-state index in [2.05, 4.69) is 15.0 Å². The van der Waals surface area contributed by atoms with Crippen LogP contribution in [0.1, 0.15) is 20.1 Å². The van der Waals surface area contributed by atoms with E-state index in [1.165, 1.54) is 17.4 Å². The van der Waals surface area contributed by atoms with Gasteiger partial charge in [-0.15, -0.1) is 11.3 Å². The van der Waals surface area contributed by atoms with Crippen molar-refractivity contribution >= 4 is 38.6 Å². The second-order valence-electron chi connectivity index (χ2n) is 6.31. The van der Waals surface area contributed by atoms with Crippen LogP contribution in [-0.4, -0.2) is 25.6 Å². The minimum absolute atomic E-state index is 0.0324. The molecule has 1 amide bonds. The van der Waals surface area contributed by atoms with E-state index >= 15 is 0 Å². The first-order valence-corrected chi connectivity index (χ1v) is 11.0. The smallest absolute Gasteiger partial charge is 0.265 e. The number of carbonyl (C=O) groups is 1. The van der Waals surface area contributed by atoms with E-state index in [1.54, 1.807) is 12.3 Å². The summed E-state index contributed by atoms with van der Waals surface area (Å²) >= 11 is 1.31. The van der Waals surface area contributed by atoms with Crippen LogP contribution in [0.5, 0.6) is 0 Å². The molecule has 3 rings (SSSR count). The number of hydrogen-bond acceptors (Lipinski definition) is 5. The highest BCUT2D eigenvalue weighted by Crippen LogP contribution is 2.32. The molecule has 0 aliphatic carbocycles. The van der Waals surface area contributed by atoms with Crippen molar-refractivity contribution < 1.29 is 17.6 Å². The van der Waals surface area contributed by atoms with Crippen LogP contribution < -0.4 is 10.0 Å². The zero-order valence-electron chi connectivity index (χ0n) is 15.4. The Hall–Kier alpha value is -2.78. The van der Waals surface area contributed by atoms with E-state index in [0.29, 0.717) is 4.88 Å². The molecule has 0 radical (unpaired) electrons. The molecule has 1 aromatic carbocycles. The number of aromatic nitrogens is 1. The number of pyridine rings is 1. The van der Waals surface area contributed by atoms with E-state index < -0.39 is 21.7 Å². The molecule has 0 fully saturated rings. The molecule has 0 spiro atoms. The van der Waals surface area contributed by atoms with Gasteiger partial charge in [0, 0.05) is 22.3 Å². The first-order valence-electron chi connectivity index (χ1n) is 8.24. The first kappa shape index (κ1) is 20.0. The number of benzene rings is 1. The molecular formula is C19H18FN3O3S2. The van der Waals surface area contributed by atoms with Gasteiger partial charge in [-0.3, -0.25) is 14.5 Å². The number of carbonyl (C=O) groups excluding carboxylic acids is 1. The van der Waals surface area contributed by atoms with Crippen molar-refractivity contribution in [1.29, 1.82) is 0 Å². The standard InChI is InChI=1S/C19H18FN3O3S2/c1-11-5-4-6-21-18(11)16-10-17(27-12(16)2)19(24)22-14-7-13(20)8-15(9-14)23-28(3,25)26/h4-10,23H,1-3H3,(H,22,24). The minimum Gasteiger partial charge on any atom is -0.321 e. The Morgan fingerprint density at radius 1 is 1.14 bits per heavy atom. The molecule has 28 heavy (non-hydrogen) atoms. The Bertz CT molecular complexity index is 1160. The van der Waals surface area contributed by atoms with Crippen molar-refractivity contribution in [2.24, 2.45) is 0 Å². The molecule has 0 aliphatic rings. The van der Waals surface area contributed by atoms with Crippen LogP contribution in [0, 0.1) is 19.7 Å². The van der Waals surface area contributed by atoms with Gasteiger partial charge in [-0.25, -0.2) is 12.8 Å². The fraction of sp³-hybridized carbons (Fsp3) is 0.158. The van der Waals surface area contributed by atoms with Crippen molar-refractivity contribution in [1.82, 2.24) is 4.98 Å². The quantitative estimate of drug-likeness (QED) is 0.649. The van der Waals surface area contributed by atoms with E-state index in [0.717, 1.165) is 40.1 Å². The maximum absolute atomic E-state index is 13.8. The molecule has 0 saturated carbocycles. The average Bonchev–Trinajstić information content (AvgIpc) is 2.95. The van der Waals surface area contributed by atoms with Crippen LogP contribution >= 0.6 is 11.3 Å². The molecule has 0 aliphatic heterocycles. The molecule has 0 unspecified atom stereocenters. The highest BCUT2D eigenvalue weighted by Gasteiger charge is 2.16. The number of rotatable bonds is 5. The normalized spacial score (nSPS) is 11.3. The topological polar surface area (TPSA) is 88.2 Å². The first-order chi connectivity index (χ1) is 13.1. The van der Waals surface area contributed by atoms with Gasteiger partial charge < -0.3 is 5.32 Å². The van der Waals surface area contributed by atoms with Crippen molar-refractivity contribution in [2.45, 2.75) is 13.8 Å². The zero-order valence-corrected chi connectivity index (χ0v) is 17.0. The minimum atomic E-state index is -3.56. The van der Waals surface area contributed by atoms with Gasteiger partial charge in [-0.2, -0.15) is 0 Å². The number of amides is 1. The predicted octanol–water partition coefficient (Wildman–Crippen LogP) is 4.19. The number of sulfonamides is 1. The molecule has 9 heteroatoms. The number of nitrogens with one attached hydrogen (secondary N) is 2. The second-order valence-corrected chi connectivity index (χ2v) is 9.31. The second kappa shape index (κ2) is 7.69. The van der Waals surface area contributed by atoms with Crippen LogP contribution in [0.3, 0.4) is 0 Å². The Balaban J connectivity index is 1.86. The molecule has 2 heterocycles. The van der Waals surface area contributed by atoms with Crippen LogP contribution in [0.15, 0.2) is 42.6 Å². The number of halogens is 1. The lowest BCUT2D eigenvalue weighted by molar-refractivity contribution is 0.103. The number of aryl methyl sites for hydroxylation is 2. The van der Waals surface area contributed by atoms with Gasteiger partial charge in [0.05, 0.1) is 22.5 Å². The summed E-state index contributed by atoms with van der Waals surface area (Å²) in [6.45, 7) is 3.85. The summed E-state index contributed by atoms with van der Waals surface area (Å²) in [6, 6.07) is 9.05. The van der Waals surface area contributed by atoms with Gasteiger partial charge in [0.15, 0.2) is 0 Å². The molecule has 0 saturated heterocycles. The lowest BCUT2D eigenvalue weighted by atomic mass is 10.1. The van der Waals surface area contributed by atoms with Crippen LogP contribution in [-0.2, 0) is 10.0 Å². The third-order valence-corrected chi connectivity index (χ3v) is 5.52. The van der Waals surface area contributed by atoms with Gasteiger partial charge in [0.2, 0.25) is 10.0 Å². The van der Waals surface area contributed by atoms with Crippen molar-refractivity contribution in [3.8, 4) is 11.3 Å². The summed E-state index contributed by atoms with van der Waals surface area (Å²) in [5.41, 5.74) is 2.85. The highest BCUT2D eigenvalue weighted by molar-refractivity contribution is 7.92. The highest BCUT2D eigenvalue weighted by atomic mass is 32.2. The van der Waals surface area contributed by atoms with Crippen LogP contribution in [0.25, 0.3) is 11.3 Å². The predicted molar refractivity (Wildman–Crippen MR) is 110 cm³/mol. The van der Waals surface area contributed by atoms with E-state index in [-0.39, 0.29) is 11.4 Å². The molecular weight excluding hydrogens is 401 g/mol. The van der Waals surface area contributed by atoms with Gasteiger partial charge in [0.1, 0.15) is 5.82 Å². The third-order valence-electron chi connectivity index (χ3n) is 3.87. The van der Waals surface area contributed by atoms with E-state index in [9.17, 15) is 17.6 Å². The largest absolute Gasteiger partial charge is 0.321 e. The SMILES string of the molecule is Cc1cccnc1-c1cc(C(=O)Nc2cc(F)cc(NS(C)(=O)=O)c2)sc1C. The summed E-state index contributed by atoms with van der Waals surface area (Å²) in [5, 5.41) is 2.61. The molecule has 0 atom stereocenters. The third kappa shape index (κ3) is 4.73. The monoisotopic (exact) mass is 419 g/mol. The van der Waals surface area contributed by atoms with E-state index in [4.69, 9.17) is 0 Å². The number of nitrogens with zero attached hydrogens (tertiary/aromatic N) is 1. The van der Waals surface area contributed by atoms with Gasteiger partial charge in [0.25, 0.3) is 5.91 Å². The van der Waals surface area contributed by atoms with Crippen molar-refractivity contribution in [2.75, 3.05) is 16.3 Å². The summed E-state index contributed by atoms with van der Waals surface area (Å²) < 4.78 is 38.7. The molecule has 0 bridgehead atoms. The molecule has 6 nitrogen and oxygen atoms in total. The van der Waals surface area contributed by atoms with Crippen molar-refractivity contribution in [3.63, 3.8) is 0 Å². The number of hydrogen-bond donors (Lipinski definition) is 2. The Morgan fingerprint density at radius 2 is 1.86 bits per heavy atom. The van der Waals surface area contributed by atoms with Crippen molar-refractivity contribution in [3.05, 3.63) is 63.7 Å². The summed E-state index contributed by atoms with van der Waals surface area (Å²) in [4.78, 5) is 18.4. The zero-order chi connectivity index (χ0) is 20.5. The Morgan fingerprint density at radius 3 is 2.54 bits per heavy atom. The lowest BCUT2D eigenvalue weighted by Gasteiger charge is -2.08. The maximum Gasteiger partial charge on any atom is 0.265 e. The fourth-order valence-electron chi connectivity index (χ4n) is 2.72. The van der Waals surface area contributed by atoms with Crippen LogP contribution in [0.2, 0.25) is 0 Å². The fourth-order valence-corrected chi connectivity index (χ4v) is 4.19. The van der Waals surface area contributed by atoms with Gasteiger partial charge in [-0.05, 0) is 49.7 Å². The number of anilines is 2. The molecule has 3 aromatic rings. The average molecular weight is 420 g/mol. The number of thiophene rings is 1. The van der Waals surface area contributed by atoms with Gasteiger partial charge in [-0.1, -0.05) is 6.07 Å². The molecule has 2 aromatic heterocycles. The van der Waals surface area contributed by atoms with Gasteiger partial charge >= 0.3 is 0 Å².